The highest BCUT2D eigenvalue weighted by atomic mass is 19.1. The largest absolute Gasteiger partial charge is 0.625 e. The van der Waals surface area contributed by atoms with Crippen LogP contribution in [-0.2, 0) is 14.0 Å². The third kappa shape index (κ3) is 2.73. The second-order valence-electron chi connectivity index (χ2n) is 8.04. The fraction of sp³-hybridized carbons (Fsp3) is 0.350. The van der Waals surface area contributed by atoms with Crippen LogP contribution >= 0.6 is 0 Å². The number of hydrogen-bond donors (Lipinski definition) is 0. The minimum Gasteiger partial charge on any atom is -0.625 e. The number of rotatable bonds is 2. The molecule has 2 aliphatic heterocycles. The summed E-state index contributed by atoms with van der Waals surface area (Å²) in [7, 11) is 0. The molecule has 0 saturated carbocycles. The first-order chi connectivity index (χ1) is 12.7. The zero-order chi connectivity index (χ0) is 19.4. The fourth-order valence-corrected chi connectivity index (χ4v) is 3.76. The van der Waals surface area contributed by atoms with Gasteiger partial charge in [0.2, 0.25) is 0 Å². The number of hydrogen-bond acceptors (Lipinski definition) is 4. The normalized spacial score (nSPS) is 25.0. The van der Waals surface area contributed by atoms with Crippen molar-refractivity contribution in [2.75, 3.05) is 4.90 Å². The topological polar surface area (TPSA) is 48.0 Å². The minimum absolute atomic E-state index is 0.356. The molecule has 1 amide bonds. The Morgan fingerprint density at radius 3 is 2.04 bits per heavy atom. The van der Waals surface area contributed by atoms with Gasteiger partial charge in [-0.15, -0.1) is 0 Å². The summed E-state index contributed by atoms with van der Waals surface area (Å²) in [4.78, 5) is 14.4. The van der Waals surface area contributed by atoms with Crippen molar-refractivity contribution >= 4 is 18.5 Å². The van der Waals surface area contributed by atoms with Gasteiger partial charge < -0.3 is 18.9 Å². The molecule has 0 N–H and O–H groups in total. The Balaban J connectivity index is 1.87. The van der Waals surface area contributed by atoms with E-state index in [1.54, 1.807) is 12.1 Å². The van der Waals surface area contributed by atoms with Gasteiger partial charge in [-0.1, -0.05) is 35.9 Å². The average molecular weight is 370 g/mol. The maximum atomic E-state index is 13.5. The monoisotopic (exact) mass is 370 g/mol. The molecule has 2 aromatic rings. The molecule has 2 aliphatic rings. The van der Waals surface area contributed by atoms with Crippen LogP contribution in [0.3, 0.4) is 0 Å². The van der Waals surface area contributed by atoms with Crippen LogP contribution in [-0.4, -0.2) is 24.0 Å². The van der Waals surface area contributed by atoms with Crippen molar-refractivity contribution in [3.8, 4) is 0 Å². The maximum absolute atomic E-state index is 13.5. The van der Waals surface area contributed by atoms with Gasteiger partial charge in [0, 0.05) is 22.8 Å². The van der Waals surface area contributed by atoms with Gasteiger partial charge in [0.05, 0.1) is 0 Å². The van der Waals surface area contributed by atoms with Gasteiger partial charge in [-0.25, -0.2) is 9.18 Å². The van der Waals surface area contributed by atoms with Crippen LogP contribution in [0.1, 0.15) is 39.2 Å². The van der Waals surface area contributed by atoms with Gasteiger partial charge in [-0.05, 0) is 52.0 Å². The molecule has 2 heterocycles. The van der Waals surface area contributed by atoms with E-state index in [-0.39, 0.29) is 5.82 Å². The molecule has 1 atom stereocenters. The molecule has 0 aromatic heterocycles. The predicted molar refractivity (Wildman–Crippen MR) is 101 cm³/mol. The summed E-state index contributed by atoms with van der Waals surface area (Å²) in [5, 5.41) is 0. The Hall–Kier alpha value is -2.38. The number of anilines is 1. The van der Waals surface area contributed by atoms with Crippen LogP contribution in [0.2, 0.25) is 0 Å². The lowest BCUT2D eigenvalue weighted by molar-refractivity contribution is 0.00578. The molecular formula is C20H22BFNO4-. The molecular weight excluding hydrogens is 348 g/mol. The van der Waals surface area contributed by atoms with Crippen molar-refractivity contribution in [1.29, 1.82) is 0 Å². The SMILES string of the molecule is CC1(C)O[B-]2(OC(=O)N(c3ccccc3)C2c2ccc(F)cc2)OC1(C)C. The molecule has 142 valence electrons. The standard InChI is InChI=1S/C20H22BFNO4/c1-19(2)20(3,4)27-21(26-19)17(14-10-12-15(22)13-11-14)23(18(24)25-21)16-8-6-5-7-9-16/h5-13,17H,1-4H3/q-1. The molecule has 0 radical (unpaired) electrons. The summed E-state index contributed by atoms with van der Waals surface area (Å²) < 4.78 is 31.9. The molecule has 0 bridgehead atoms. The number of para-hydroxylation sites is 1. The number of carbonyl (C=O) groups is 1. The van der Waals surface area contributed by atoms with E-state index in [1.165, 1.54) is 17.0 Å². The van der Waals surface area contributed by atoms with Crippen molar-refractivity contribution in [3.05, 3.63) is 66.0 Å². The van der Waals surface area contributed by atoms with Crippen molar-refractivity contribution in [2.45, 2.75) is 44.8 Å². The molecule has 27 heavy (non-hydrogen) atoms. The van der Waals surface area contributed by atoms with Gasteiger partial charge >= 0.3 is 12.8 Å². The smallest absolute Gasteiger partial charge is 0.466 e. The average Bonchev–Trinajstić information content (AvgIpc) is 2.96. The number of carbonyl (C=O) groups excluding carboxylic acids is 1. The van der Waals surface area contributed by atoms with Gasteiger partial charge in [-0.3, -0.25) is 0 Å². The highest BCUT2D eigenvalue weighted by molar-refractivity contribution is 6.68. The van der Waals surface area contributed by atoms with Crippen LogP contribution in [0.25, 0.3) is 0 Å². The van der Waals surface area contributed by atoms with Crippen LogP contribution in [0.15, 0.2) is 54.6 Å². The van der Waals surface area contributed by atoms with Crippen molar-refractivity contribution in [1.82, 2.24) is 0 Å². The molecule has 2 saturated heterocycles. The van der Waals surface area contributed by atoms with Crippen molar-refractivity contribution in [2.24, 2.45) is 0 Å². The molecule has 0 aliphatic carbocycles. The maximum Gasteiger partial charge on any atom is 0.466 e. The van der Waals surface area contributed by atoms with E-state index in [1.807, 2.05) is 58.0 Å². The zero-order valence-corrected chi connectivity index (χ0v) is 15.8. The van der Waals surface area contributed by atoms with Gasteiger partial charge in [0.15, 0.2) is 0 Å². The van der Waals surface area contributed by atoms with E-state index in [0.29, 0.717) is 11.3 Å². The summed E-state index contributed by atoms with van der Waals surface area (Å²) in [6.07, 6.45) is -0.552. The number of amides is 1. The van der Waals surface area contributed by atoms with Crippen LogP contribution in [0, 0.1) is 5.82 Å². The summed E-state index contributed by atoms with van der Waals surface area (Å²) >= 11 is 0. The predicted octanol–water partition coefficient (Wildman–Crippen LogP) is 4.61. The van der Waals surface area contributed by atoms with Crippen LogP contribution in [0.4, 0.5) is 14.9 Å². The third-order valence-corrected chi connectivity index (χ3v) is 5.74. The third-order valence-electron chi connectivity index (χ3n) is 5.74. The number of benzene rings is 2. The van der Waals surface area contributed by atoms with E-state index in [0.717, 1.165) is 0 Å². The molecule has 5 nitrogen and oxygen atoms in total. The summed E-state index contributed by atoms with van der Waals surface area (Å²) in [6.45, 7) is 5.17. The summed E-state index contributed by atoms with van der Waals surface area (Å²) in [5.74, 6) is -1.02. The molecule has 1 unspecified atom stereocenters. The number of nitrogens with zero attached hydrogens (tertiary/aromatic N) is 1. The molecule has 4 rings (SSSR count). The fourth-order valence-electron chi connectivity index (χ4n) is 3.76. The molecule has 2 aromatic carbocycles. The molecule has 2 fully saturated rings. The van der Waals surface area contributed by atoms with Gasteiger partial charge in [0.1, 0.15) is 5.82 Å². The first-order valence-corrected chi connectivity index (χ1v) is 9.02. The Morgan fingerprint density at radius 2 is 1.48 bits per heavy atom. The van der Waals surface area contributed by atoms with Gasteiger partial charge in [-0.2, -0.15) is 0 Å². The van der Waals surface area contributed by atoms with Gasteiger partial charge in [0.25, 0.3) is 0 Å². The summed E-state index contributed by atoms with van der Waals surface area (Å²) in [5.41, 5.74) is -0.0267. The van der Waals surface area contributed by atoms with Crippen molar-refractivity contribution < 1.29 is 23.1 Å². The second-order valence-corrected chi connectivity index (χ2v) is 8.04. The van der Waals surface area contributed by atoms with Crippen molar-refractivity contribution in [3.63, 3.8) is 0 Å². The Morgan fingerprint density at radius 1 is 0.926 bits per heavy atom. The Kier molecular flexibility index (Phi) is 3.88. The van der Waals surface area contributed by atoms with Crippen LogP contribution < -0.4 is 4.90 Å². The van der Waals surface area contributed by atoms with Crippen LogP contribution in [0.5, 0.6) is 0 Å². The quantitative estimate of drug-likeness (QED) is 0.725. The second kappa shape index (κ2) is 5.81. The minimum atomic E-state index is -2.46. The summed E-state index contributed by atoms with van der Waals surface area (Å²) in [6, 6.07) is 15.2. The first kappa shape index (κ1) is 18.0. The van der Waals surface area contributed by atoms with E-state index < -0.39 is 30.0 Å². The highest BCUT2D eigenvalue weighted by Gasteiger charge is 2.64. The Bertz CT molecular complexity index is 853. The Labute approximate surface area is 158 Å². The molecule has 7 heteroatoms. The molecule has 1 spiro atoms. The van der Waals surface area contributed by atoms with E-state index in [2.05, 4.69) is 0 Å². The lowest BCUT2D eigenvalue weighted by Gasteiger charge is -2.37. The number of halogens is 1. The van der Waals surface area contributed by atoms with E-state index in [9.17, 15) is 9.18 Å². The van der Waals surface area contributed by atoms with E-state index in [4.69, 9.17) is 14.0 Å². The van der Waals surface area contributed by atoms with E-state index >= 15 is 0 Å². The zero-order valence-electron chi connectivity index (χ0n) is 15.8. The lowest BCUT2D eigenvalue weighted by atomic mass is 9.65. The first-order valence-electron chi connectivity index (χ1n) is 9.02. The highest BCUT2D eigenvalue weighted by Crippen LogP contribution is 2.52. The lowest BCUT2D eigenvalue weighted by Crippen LogP contribution is -2.47.